The van der Waals surface area contributed by atoms with Crippen molar-refractivity contribution in [3.05, 3.63) is 29.8 Å². The van der Waals surface area contributed by atoms with Crippen molar-refractivity contribution in [3.63, 3.8) is 0 Å². The molecule has 0 heterocycles. The maximum atomic E-state index is 10.4. The molecule has 0 atom stereocenters. The quantitative estimate of drug-likeness (QED) is 0.715. The van der Waals surface area contributed by atoms with E-state index >= 15 is 0 Å². The number of primary amides is 1. The number of benzene rings is 1. The van der Waals surface area contributed by atoms with Crippen LogP contribution in [-0.2, 0) is 0 Å². The summed E-state index contributed by atoms with van der Waals surface area (Å²) in [5.74, 6) is 0. The highest BCUT2D eigenvalue weighted by Gasteiger charge is 1.94. The second-order valence-electron chi connectivity index (χ2n) is 3.08. The Kier molecular flexibility index (Phi) is 3.23. The molecule has 0 aromatic heterocycles. The monoisotopic (exact) mass is 191 g/mol. The smallest absolute Gasteiger partial charge is 0.338 e. The lowest BCUT2D eigenvalue weighted by Gasteiger charge is -2.11. The van der Waals surface area contributed by atoms with E-state index in [2.05, 4.69) is 4.99 Å². The number of carbonyl (C=O) groups excluding carboxylic acids is 1. The molecule has 1 rings (SSSR count). The molecule has 2 amide bonds. The van der Waals surface area contributed by atoms with Crippen LogP contribution in [0.4, 0.5) is 10.5 Å². The first kappa shape index (κ1) is 10.2. The summed E-state index contributed by atoms with van der Waals surface area (Å²) in [6, 6.07) is 6.97. The third kappa shape index (κ3) is 2.90. The van der Waals surface area contributed by atoms with Gasteiger partial charge in [-0.25, -0.2) is 9.79 Å². The maximum Gasteiger partial charge on any atom is 0.338 e. The van der Waals surface area contributed by atoms with Crippen LogP contribution in [0.15, 0.2) is 29.3 Å². The van der Waals surface area contributed by atoms with Crippen LogP contribution >= 0.6 is 0 Å². The Hall–Kier alpha value is -1.84. The summed E-state index contributed by atoms with van der Waals surface area (Å²) >= 11 is 0. The van der Waals surface area contributed by atoms with Crippen LogP contribution in [0.3, 0.4) is 0 Å². The summed E-state index contributed by atoms with van der Waals surface area (Å²) in [5, 5.41) is 0. The number of hydrogen-bond donors (Lipinski definition) is 1. The van der Waals surface area contributed by atoms with Gasteiger partial charge >= 0.3 is 6.03 Å². The van der Waals surface area contributed by atoms with Crippen LogP contribution in [0, 0.1) is 0 Å². The number of nitrogens with zero attached hydrogens (tertiary/aromatic N) is 2. The molecule has 2 N–H and O–H groups in total. The molecule has 74 valence electrons. The molecule has 4 nitrogen and oxygen atoms in total. The average Bonchev–Trinajstić information content (AvgIpc) is 2.15. The van der Waals surface area contributed by atoms with Gasteiger partial charge in [-0.3, -0.25) is 0 Å². The molecule has 0 radical (unpaired) electrons. The van der Waals surface area contributed by atoms with Crippen molar-refractivity contribution in [1.29, 1.82) is 0 Å². The Labute approximate surface area is 83.0 Å². The lowest BCUT2D eigenvalue weighted by atomic mass is 10.2. The van der Waals surface area contributed by atoms with Gasteiger partial charge in [0, 0.05) is 26.0 Å². The number of hydrogen-bond acceptors (Lipinski definition) is 2. The Bertz CT molecular complexity index is 341. The molecule has 1 aromatic rings. The molecule has 0 aliphatic rings. The number of anilines is 1. The lowest BCUT2D eigenvalue weighted by Crippen LogP contribution is -2.08. The minimum Gasteiger partial charge on any atom is -0.378 e. The second kappa shape index (κ2) is 4.41. The van der Waals surface area contributed by atoms with Crippen molar-refractivity contribution in [1.82, 2.24) is 0 Å². The standard InChI is InChI=1S/C10H13N3O/c1-13(2)9-5-3-8(4-6-9)7-12-10(11)14/h3-7H,1-2H3,(H2,11,14)/b12-7+. The Morgan fingerprint density at radius 3 is 2.36 bits per heavy atom. The van der Waals surface area contributed by atoms with E-state index in [0.717, 1.165) is 11.3 Å². The minimum atomic E-state index is -0.679. The number of aliphatic imine (C=N–C) groups is 1. The van der Waals surface area contributed by atoms with Crippen LogP contribution in [-0.4, -0.2) is 26.3 Å². The molecule has 0 spiro atoms. The van der Waals surface area contributed by atoms with Gasteiger partial charge in [0.1, 0.15) is 0 Å². The highest BCUT2D eigenvalue weighted by atomic mass is 16.2. The van der Waals surface area contributed by atoms with E-state index in [0.29, 0.717) is 0 Å². The van der Waals surface area contributed by atoms with E-state index in [1.165, 1.54) is 6.21 Å². The first-order valence-electron chi connectivity index (χ1n) is 4.20. The van der Waals surface area contributed by atoms with Gasteiger partial charge in [0.15, 0.2) is 0 Å². The van der Waals surface area contributed by atoms with Gasteiger partial charge in [-0.05, 0) is 17.7 Å². The fourth-order valence-corrected chi connectivity index (χ4v) is 0.997. The number of amides is 2. The molecular weight excluding hydrogens is 178 g/mol. The SMILES string of the molecule is CN(C)c1ccc(/C=N/C(N)=O)cc1. The second-order valence-corrected chi connectivity index (χ2v) is 3.08. The molecule has 0 aliphatic carbocycles. The predicted octanol–water partition coefficient (Wildman–Crippen LogP) is 1.25. The van der Waals surface area contributed by atoms with Crippen molar-refractivity contribution in [2.45, 2.75) is 0 Å². The average molecular weight is 191 g/mol. The van der Waals surface area contributed by atoms with Gasteiger partial charge in [0.25, 0.3) is 0 Å². The molecule has 0 unspecified atom stereocenters. The zero-order valence-electron chi connectivity index (χ0n) is 8.27. The Balaban J connectivity index is 2.78. The number of nitrogens with two attached hydrogens (primary N) is 1. The zero-order valence-corrected chi connectivity index (χ0v) is 8.27. The van der Waals surface area contributed by atoms with Crippen LogP contribution in [0.5, 0.6) is 0 Å². The molecule has 4 heteroatoms. The van der Waals surface area contributed by atoms with E-state index in [1.54, 1.807) is 0 Å². The van der Waals surface area contributed by atoms with E-state index in [4.69, 9.17) is 5.73 Å². The topological polar surface area (TPSA) is 58.7 Å². The fourth-order valence-electron chi connectivity index (χ4n) is 0.997. The lowest BCUT2D eigenvalue weighted by molar-refractivity contribution is 0.257. The zero-order chi connectivity index (χ0) is 10.6. The summed E-state index contributed by atoms with van der Waals surface area (Å²) in [6.45, 7) is 0. The van der Waals surface area contributed by atoms with Gasteiger partial charge in [0.05, 0.1) is 0 Å². The van der Waals surface area contributed by atoms with Crippen molar-refractivity contribution in [3.8, 4) is 0 Å². The molecule has 0 fully saturated rings. The summed E-state index contributed by atoms with van der Waals surface area (Å²) < 4.78 is 0. The Morgan fingerprint density at radius 2 is 1.93 bits per heavy atom. The van der Waals surface area contributed by atoms with Crippen LogP contribution in [0.25, 0.3) is 0 Å². The van der Waals surface area contributed by atoms with Crippen LogP contribution in [0.1, 0.15) is 5.56 Å². The molecule has 0 aliphatic heterocycles. The van der Waals surface area contributed by atoms with Crippen molar-refractivity contribution in [2.24, 2.45) is 10.7 Å². The number of urea groups is 1. The van der Waals surface area contributed by atoms with Gasteiger partial charge in [0.2, 0.25) is 0 Å². The van der Waals surface area contributed by atoms with Crippen molar-refractivity contribution in [2.75, 3.05) is 19.0 Å². The van der Waals surface area contributed by atoms with E-state index in [9.17, 15) is 4.79 Å². The maximum absolute atomic E-state index is 10.4. The largest absolute Gasteiger partial charge is 0.378 e. The van der Waals surface area contributed by atoms with Gasteiger partial charge in [-0.1, -0.05) is 12.1 Å². The van der Waals surface area contributed by atoms with Crippen molar-refractivity contribution >= 4 is 17.9 Å². The normalized spacial score (nSPS) is 10.4. The summed E-state index contributed by atoms with van der Waals surface area (Å²) in [6.07, 6.45) is 1.45. The number of carbonyl (C=O) groups is 1. The van der Waals surface area contributed by atoms with Gasteiger partial charge in [-0.2, -0.15) is 0 Å². The third-order valence-corrected chi connectivity index (χ3v) is 1.75. The highest BCUT2D eigenvalue weighted by molar-refractivity contribution is 5.90. The summed E-state index contributed by atoms with van der Waals surface area (Å²) in [7, 11) is 3.93. The van der Waals surface area contributed by atoms with Crippen LogP contribution < -0.4 is 10.6 Å². The highest BCUT2D eigenvalue weighted by Crippen LogP contribution is 2.10. The molecule has 0 saturated carbocycles. The van der Waals surface area contributed by atoms with E-state index in [-0.39, 0.29) is 0 Å². The Morgan fingerprint density at radius 1 is 1.36 bits per heavy atom. The van der Waals surface area contributed by atoms with Gasteiger partial charge < -0.3 is 10.6 Å². The molecule has 0 saturated heterocycles. The summed E-state index contributed by atoms with van der Waals surface area (Å²) in [5.41, 5.74) is 6.83. The third-order valence-electron chi connectivity index (χ3n) is 1.75. The van der Waals surface area contributed by atoms with E-state index in [1.807, 2.05) is 43.3 Å². The molecule has 14 heavy (non-hydrogen) atoms. The summed E-state index contributed by atoms with van der Waals surface area (Å²) in [4.78, 5) is 15.8. The van der Waals surface area contributed by atoms with Gasteiger partial charge in [-0.15, -0.1) is 0 Å². The minimum absolute atomic E-state index is 0.679. The van der Waals surface area contributed by atoms with E-state index < -0.39 is 6.03 Å². The predicted molar refractivity (Wildman–Crippen MR) is 57.9 cm³/mol. The first-order valence-corrected chi connectivity index (χ1v) is 4.20. The first-order chi connectivity index (χ1) is 6.59. The number of rotatable bonds is 2. The fraction of sp³-hybridized carbons (Fsp3) is 0.200. The van der Waals surface area contributed by atoms with Crippen molar-refractivity contribution < 1.29 is 4.79 Å². The molecular formula is C10H13N3O. The van der Waals surface area contributed by atoms with Crippen LogP contribution in [0.2, 0.25) is 0 Å². The molecule has 0 bridgehead atoms. The molecule has 1 aromatic carbocycles.